The third-order valence-corrected chi connectivity index (χ3v) is 5.45. The Kier molecular flexibility index (Phi) is 6.81. The fourth-order valence-electron chi connectivity index (χ4n) is 3.59. The topological polar surface area (TPSA) is 106 Å². The lowest BCUT2D eigenvalue weighted by Gasteiger charge is -2.12. The van der Waals surface area contributed by atoms with Crippen molar-refractivity contribution in [2.24, 2.45) is 0 Å². The van der Waals surface area contributed by atoms with Gasteiger partial charge in [-0.1, -0.05) is 25.1 Å². The van der Waals surface area contributed by atoms with Crippen LogP contribution in [0.3, 0.4) is 0 Å². The summed E-state index contributed by atoms with van der Waals surface area (Å²) in [5, 5.41) is 12.3. The lowest BCUT2D eigenvalue weighted by Crippen LogP contribution is -2.32. The molecule has 1 saturated heterocycles. The number of nitriles is 1. The van der Waals surface area contributed by atoms with Crippen molar-refractivity contribution in [2.75, 3.05) is 13.2 Å². The van der Waals surface area contributed by atoms with E-state index in [2.05, 4.69) is 17.2 Å². The van der Waals surface area contributed by atoms with Gasteiger partial charge in [-0.15, -0.1) is 0 Å². The molecule has 33 heavy (non-hydrogen) atoms. The van der Waals surface area contributed by atoms with Gasteiger partial charge in [0.05, 0.1) is 6.10 Å². The first-order chi connectivity index (χ1) is 16.1. The van der Waals surface area contributed by atoms with Gasteiger partial charge in [0.1, 0.15) is 28.6 Å². The average Bonchev–Trinajstić information content (AvgIpc) is 3.37. The largest absolute Gasteiger partial charge is 0.438 e. The molecule has 0 spiro atoms. The summed E-state index contributed by atoms with van der Waals surface area (Å²) in [6.45, 7) is 3.03. The van der Waals surface area contributed by atoms with E-state index in [1.165, 1.54) is 10.5 Å². The quantitative estimate of drug-likeness (QED) is 0.443. The molecule has 1 atom stereocenters. The van der Waals surface area contributed by atoms with Gasteiger partial charge in [-0.05, 0) is 55.2 Å². The summed E-state index contributed by atoms with van der Waals surface area (Å²) < 4.78 is 12.8. The van der Waals surface area contributed by atoms with Crippen LogP contribution in [0.25, 0.3) is 11.7 Å². The van der Waals surface area contributed by atoms with Crippen LogP contribution in [0.4, 0.5) is 0 Å². The van der Waals surface area contributed by atoms with E-state index >= 15 is 0 Å². The fraction of sp³-hybridized carbons (Fsp3) is 0.280. The predicted molar refractivity (Wildman–Crippen MR) is 123 cm³/mol. The molecule has 1 aromatic carbocycles. The van der Waals surface area contributed by atoms with Crippen molar-refractivity contribution in [3.8, 4) is 17.7 Å². The third-order valence-electron chi connectivity index (χ3n) is 5.45. The Balaban J connectivity index is 1.71. The smallest absolute Gasteiger partial charge is 0.269 e. The van der Waals surface area contributed by atoms with Crippen LogP contribution in [0.5, 0.6) is 11.6 Å². The molecular formula is C25H24N4O4. The van der Waals surface area contributed by atoms with Crippen molar-refractivity contribution in [1.29, 1.82) is 5.26 Å². The molecule has 1 aliphatic rings. The van der Waals surface area contributed by atoms with E-state index in [9.17, 15) is 14.9 Å². The maximum atomic E-state index is 13.2. The van der Waals surface area contributed by atoms with E-state index < -0.39 is 11.5 Å². The molecule has 0 saturated carbocycles. The zero-order valence-electron chi connectivity index (χ0n) is 18.3. The molecule has 3 aromatic rings. The fourth-order valence-corrected chi connectivity index (χ4v) is 3.59. The zero-order chi connectivity index (χ0) is 23.2. The molecule has 1 fully saturated rings. The molecule has 4 rings (SSSR count). The van der Waals surface area contributed by atoms with Gasteiger partial charge in [-0.25, -0.2) is 0 Å². The molecule has 168 valence electrons. The van der Waals surface area contributed by atoms with E-state index in [1.807, 2.05) is 18.2 Å². The second-order valence-corrected chi connectivity index (χ2v) is 7.68. The summed E-state index contributed by atoms with van der Waals surface area (Å²) in [5.74, 6) is -0.0608. The monoisotopic (exact) mass is 444 g/mol. The SMILES string of the molecule is CCc1ccc(Oc2nc3ccccn3c(=O)c2/C=C(\C#N)C(=O)NCC2CCCO2)cc1. The number of benzene rings is 1. The van der Waals surface area contributed by atoms with Crippen LogP contribution in [-0.4, -0.2) is 34.5 Å². The van der Waals surface area contributed by atoms with Crippen molar-refractivity contribution < 1.29 is 14.3 Å². The van der Waals surface area contributed by atoms with Crippen molar-refractivity contribution in [3.05, 3.63) is 75.7 Å². The molecular weight excluding hydrogens is 420 g/mol. The highest BCUT2D eigenvalue weighted by molar-refractivity contribution is 6.01. The minimum absolute atomic E-state index is 0.0158. The van der Waals surface area contributed by atoms with Crippen molar-refractivity contribution in [3.63, 3.8) is 0 Å². The average molecular weight is 444 g/mol. The van der Waals surface area contributed by atoms with Gasteiger partial charge in [-0.3, -0.25) is 14.0 Å². The number of hydrogen-bond acceptors (Lipinski definition) is 6. The second kappa shape index (κ2) is 10.1. The van der Waals surface area contributed by atoms with E-state index in [-0.39, 0.29) is 23.1 Å². The van der Waals surface area contributed by atoms with Gasteiger partial charge in [0, 0.05) is 19.3 Å². The second-order valence-electron chi connectivity index (χ2n) is 7.68. The Labute approximate surface area is 191 Å². The van der Waals surface area contributed by atoms with Crippen LogP contribution < -0.4 is 15.6 Å². The van der Waals surface area contributed by atoms with E-state index in [1.54, 1.807) is 36.5 Å². The number of aryl methyl sites for hydroxylation is 1. The van der Waals surface area contributed by atoms with Gasteiger partial charge in [0.25, 0.3) is 11.5 Å². The van der Waals surface area contributed by atoms with Crippen molar-refractivity contribution in [2.45, 2.75) is 32.3 Å². The maximum absolute atomic E-state index is 13.2. The number of rotatable bonds is 7. The predicted octanol–water partition coefficient (Wildman–Crippen LogP) is 3.25. The summed E-state index contributed by atoms with van der Waals surface area (Å²) in [6.07, 6.45) is 5.43. The van der Waals surface area contributed by atoms with E-state index in [4.69, 9.17) is 9.47 Å². The number of nitrogens with one attached hydrogen (secondary N) is 1. The number of hydrogen-bond donors (Lipinski definition) is 1. The molecule has 0 bridgehead atoms. The molecule has 1 amide bonds. The molecule has 1 aliphatic heterocycles. The molecule has 8 heteroatoms. The number of fused-ring (bicyclic) bond motifs is 1. The number of aromatic nitrogens is 2. The third kappa shape index (κ3) is 5.10. The minimum atomic E-state index is -0.580. The number of pyridine rings is 1. The zero-order valence-corrected chi connectivity index (χ0v) is 18.3. The lowest BCUT2D eigenvalue weighted by atomic mass is 10.1. The van der Waals surface area contributed by atoms with Gasteiger partial charge in [0.2, 0.25) is 5.88 Å². The Morgan fingerprint density at radius 3 is 2.85 bits per heavy atom. The number of nitrogens with zero attached hydrogens (tertiary/aromatic N) is 3. The van der Waals surface area contributed by atoms with Crippen LogP contribution in [0.2, 0.25) is 0 Å². The lowest BCUT2D eigenvalue weighted by molar-refractivity contribution is -0.117. The Morgan fingerprint density at radius 1 is 1.33 bits per heavy atom. The first-order valence-electron chi connectivity index (χ1n) is 10.9. The van der Waals surface area contributed by atoms with Gasteiger partial charge in [-0.2, -0.15) is 10.2 Å². The van der Waals surface area contributed by atoms with E-state index in [0.717, 1.165) is 24.8 Å². The highest BCUT2D eigenvalue weighted by Gasteiger charge is 2.20. The summed E-state index contributed by atoms with van der Waals surface area (Å²) in [5.41, 5.74) is 0.890. The van der Waals surface area contributed by atoms with E-state index in [0.29, 0.717) is 24.5 Å². The number of amides is 1. The minimum Gasteiger partial charge on any atom is -0.438 e. The van der Waals surface area contributed by atoms with Crippen LogP contribution in [0.1, 0.15) is 30.9 Å². The first kappa shape index (κ1) is 22.2. The summed E-state index contributed by atoms with van der Waals surface area (Å²) >= 11 is 0. The van der Waals surface area contributed by atoms with Crippen LogP contribution >= 0.6 is 0 Å². The Morgan fingerprint density at radius 2 is 2.15 bits per heavy atom. The number of ether oxygens (including phenoxy) is 2. The van der Waals surface area contributed by atoms with Gasteiger partial charge < -0.3 is 14.8 Å². The maximum Gasteiger partial charge on any atom is 0.269 e. The standard InChI is InChI=1S/C25H24N4O4/c1-2-17-8-10-19(11-9-17)33-24-21(25(31)29-12-4-3-7-22(29)28-24)14-18(15-26)23(30)27-16-20-6-5-13-32-20/h3-4,7-12,14,20H,2,5-6,13,16H2,1H3,(H,27,30)/b18-14+. The van der Waals surface area contributed by atoms with Crippen LogP contribution in [0, 0.1) is 11.3 Å². The molecule has 0 radical (unpaired) electrons. The highest BCUT2D eigenvalue weighted by Crippen LogP contribution is 2.24. The van der Waals surface area contributed by atoms with Crippen molar-refractivity contribution in [1.82, 2.24) is 14.7 Å². The van der Waals surface area contributed by atoms with Crippen LogP contribution in [0.15, 0.2) is 59.0 Å². The molecule has 1 unspecified atom stereocenters. The first-order valence-corrected chi connectivity index (χ1v) is 10.9. The van der Waals surface area contributed by atoms with Crippen LogP contribution in [-0.2, 0) is 16.0 Å². The Hall–Kier alpha value is -3.96. The highest BCUT2D eigenvalue weighted by atomic mass is 16.5. The summed E-state index contributed by atoms with van der Waals surface area (Å²) in [7, 11) is 0. The molecule has 2 aromatic heterocycles. The van der Waals surface area contributed by atoms with Gasteiger partial charge in [0.15, 0.2) is 0 Å². The van der Waals surface area contributed by atoms with Crippen molar-refractivity contribution >= 4 is 17.6 Å². The molecule has 3 heterocycles. The summed E-state index contributed by atoms with van der Waals surface area (Å²) in [4.78, 5) is 30.3. The Bertz CT molecular complexity index is 1280. The molecule has 8 nitrogen and oxygen atoms in total. The number of carbonyl (C=O) groups excluding carboxylic acids is 1. The normalized spacial score (nSPS) is 15.9. The molecule has 1 N–H and O–H groups in total. The number of carbonyl (C=O) groups is 1. The summed E-state index contributed by atoms with van der Waals surface area (Å²) in [6, 6.07) is 14.5. The van der Waals surface area contributed by atoms with Gasteiger partial charge >= 0.3 is 0 Å². The molecule has 0 aliphatic carbocycles.